The average Bonchev–Trinajstić information content (AvgIpc) is 2.96. The molecule has 1 aromatic heterocycles. The van der Waals surface area contributed by atoms with Crippen molar-refractivity contribution in [3.05, 3.63) is 60.1 Å². The highest BCUT2D eigenvalue weighted by Gasteiger charge is 1.92. The molecule has 1 aromatic carbocycles. The second-order valence-corrected chi connectivity index (χ2v) is 4.37. The minimum atomic E-state index is 0.686. The first-order valence-corrected chi connectivity index (χ1v) is 6.29. The molecule has 0 saturated heterocycles. The number of anilines is 1. The van der Waals surface area contributed by atoms with Gasteiger partial charge in [-0.2, -0.15) is 10.2 Å². The van der Waals surface area contributed by atoms with E-state index in [4.69, 9.17) is 4.42 Å². The standard InChI is InChI=1S/C16H17N3O/c1-19(2)15-9-7-14(8-10-15)5-3-11-17-18-13-16-6-4-12-20-16/h3-13H,1-2H3/b5-3-,17-11+,18-13+. The van der Waals surface area contributed by atoms with Crippen LogP contribution in [-0.4, -0.2) is 26.5 Å². The zero-order valence-electron chi connectivity index (χ0n) is 11.6. The predicted molar refractivity (Wildman–Crippen MR) is 84.6 cm³/mol. The second kappa shape index (κ2) is 7.09. The van der Waals surface area contributed by atoms with Crippen molar-refractivity contribution in [2.45, 2.75) is 0 Å². The fourth-order valence-corrected chi connectivity index (χ4v) is 1.57. The minimum absolute atomic E-state index is 0.686. The largest absolute Gasteiger partial charge is 0.463 e. The van der Waals surface area contributed by atoms with Crippen molar-refractivity contribution >= 4 is 24.2 Å². The molecule has 0 radical (unpaired) electrons. The van der Waals surface area contributed by atoms with E-state index in [1.165, 1.54) is 5.69 Å². The maximum atomic E-state index is 5.09. The highest BCUT2D eigenvalue weighted by Crippen LogP contribution is 2.12. The van der Waals surface area contributed by atoms with E-state index < -0.39 is 0 Å². The lowest BCUT2D eigenvalue weighted by Gasteiger charge is -2.11. The third-order valence-electron chi connectivity index (χ3n) is 2.65. The summed E-state index contributed by atoms with van der Waals surface area (Å²) in [6.45, 7) is 0. The minimum Gasteiger partial charge on any atom is -0.463 e. The zero-order chi connectivity index (χ0) is 14.2. The summed E-state index contributed by atoms with van der Waals surface area (Å²) in [5, 5.41) is 7.77. The molecule has 4 nitrogen and oxygen atoms in total. The fourth-order valence-electron chi connectivity index (χ4n) is 1.57. The summed E-state index contributed by atoms with van der Waals surface area (Å²) in [4.78, 5) is 2.07. The van der Waals surface area contributed by atoms with Crippen LogP contribution < -0.4 is 4.90 Å². The zero-order valence-corrected chi connectivity index (χ0v) is 11.6. The Morgan fingerprint density at radius 3 is 2.50 bits per heavy atom. The molecule has 0 saturated carbocycles. The van der Waals surface area contributed by atoms with Crippen LogP contribution in [0.5, 0.6) is 0 Å². The normalized spacial score (nSPS) is 11.9. The van der Waals surface area contributed by atoms with Gasteiger partial charge in [0.1, 0.15) is 5.76 Å². The van der Waals surface area contributed by atoms with Crippen LogP contribution in [0.2, 0.25) is 0 Å². The van der Waals surface area contributed by atoms with Gasteiger partial charge in [0.15, 0.2) is 0 Å². The first kappa shape index (κ1) is 13.8. The summed E-state index contributed by atoms with van der Waals surface area (Å²) in [6.07, 6.45) is 8.63. The number of hydrogen-bond donors (Lipinski definition) is 0. The average molecular weight is 267 g/mol. The Morgan fingerprint density at radius 1 is 1.05 bits per heavy atom. The Morgan fingerprint density at radius 2 is 1.85 bits per heavy atom. The first-order chi connectivity index (χ1) is 9.75. The number of hydrogen-bond acceptors (Lipinski definition) is 4. The monoisotopic (exact) mass is 267 g/mol. The molecule has 0 aliphatic carbocycles. The van der Waals surface area contributed by atoms with Gasteiger partial charge in [-0.1, -0.05) is 18.2 Å². The molecule has 0 amide bonds. The van der Waals surface area contributed by atoms with Crippen LogP contribution in [-0.2, 0) is 0 Å². The molecule has 2 rings (SSSR count). The van der Waals surface area contributed by atoms with Gasteiger partial charge in [-0.15, -0.1) is 0 Å². The van der Waals surface area contributed by atoms with Crippen LogP contribution >= 0.6 is 0 Å². The van der Waals surface area contributed by atoms with Crippen LogP contribution in [0.4, 0.5) is 5.69 Å². The molecule has 2 aromatic rings. The SMILES string of the molecule is CN(C)c1ccc(\C=C/C=N/N=C/c2ccco2)cc1. The van der Waals surface area contributed by atoms with E-state index in [0.717, 1.165) is 5.56 Å². The number of benzene rings is 1. The number of rotatable bonds is 5. The van der Waals surface area contributed by atoms with Crippen LogP contribution in [0.3, 0.4) is 0 Å². The van der Waals surface area contributed by atoms with Crippen molar-refractivity contribution in [2.24, 2.45) is 10.2 Å². The van der Waals surface area contributed by atoms with Crippen molar-refractivity contribution in [1.29, 1.82) is 0 Å². The predicted octanol–water partition coefficient (Wildman–Crippen LogP) is 3.46. The quantitative estimate of drug-likeness (QED) is 0.615. The lowest BCUT2D eigenvalue weighted by atomic mass is 10.2. The van der Waals surface area contributed by atoms with Gasteiger partial charge in [-0.05, 0) is 35.9 Å². The smallest absolute Gasteiger partial charge is 0.146 e. The maximum Gasteiger partial charge on any atom is 0.146 e. The van der Waals surface area contributed by atoms with Gasteiger partial charge in [0.25, 0.3) is 0 Å². The van der Waals surface area contributed by atoms with Gasteiger partial charge in [-0.3, -0.25) is 0 Å². The van der Waals surface area contributed by atoms with Crippen molar-refractivity contribution < 1.29 is 4.42 Å². The summed E-state index contributed by atoms with van der Waals surface area (Å²) in [5.41, 5.74) is 2.30. The summed E-state index contributed by atoms with van der Waals surface area (Å²) < 4.78 is 5.09. The molecule has 0 bridgehead atoms. The number of allylic oxidation sites excluding steroid dienone is 1. The van der Waals surface area contributed by atoms with Gasteiger partial charge in [0.2, 0.25) is 0 Å². The van der Waals surface area contributed by atoms with Crippen molar-refractivity contribution in [3.8, 4) is 0 Å². The molecule has 0 unspecified atom stereocenters. The Bertz CT molecular complexity index is 593. The third kappa shape index (κ3) is 4.24. The van der Waals surface area contributed by atoms with Gasteiger partial charge in [-0.25, -0.2) is 0 Å². The summed E-state index contributed by atoms with van der Waals surface area (Å²) in [7, 11) is 4.04. The Labute approximate surface area is 118 Å². The van der Waals surface area contributed by atoms with Crippen molar-refractivity contribution in [1.82, 2.24) is 0 Å². The number of furan rings is 1. The lowest BCUT2D eigenvalue weighted by molar-refractivity contribution is 0.560. The highest BCUT2D eigenvalue weighted by atomic mass is 16.3. The lowest BCUT2D eigenvalue weighted by Crippen LogP contribution is -2.07. The molecule has 4 heteroatoms. The molecule has 20 heavy (non-hydrogen) atoms. The molecule has 0 fully saturated rings. The van der Waals surface area contributed by atoms with Crippen molar-refractivity contribution in [2.75, 3.05) is 19.0 Å². The molecule has 0 atom stereocenters. The molecule has 0 spiro atoms. The Kier molecular flexibility index (Phi) is 4.89. The molecular formula is C16H17N3O. The van der Waals surface area contributed by atoms with E-state index >= 15 is 0 Å². The molecule has 0 N–H and O–H groups in total. The first-order valence-electron chi connectivity index (χ1n) is 6.29. The van der Waals surface area contributed by atoms with E-state index in [1.807, 2.05) is 38.4 Å². The van der Waals surface area contributed by atoms with Gasteiger partial charge in [0, 0.05) is 26.0 Å². The summed E-state index contributed by atoms with van der Waals surface area (Å²) in [5.74, 6) is 0.686. The Balaban J connectivity index is 1.86. The molecule has 0 aliphatic rings. The van der Waals surface area contributed by atoms with Crippen LogP contribution in [0.1, 0.15) is 11.3 Å². The topological polar surface area (TPSA) is 41.1 Å². The molecule has 1 heterocycles. The van der Waals surface area contributed by atoms with E-state index in [-0.39, 0.29) is 0 Å². The van der Waals surface area contributed by atoms with Gasteiger partial charge in [0.05, 0.1) is 12.5 Å². The second-order valence-electron chi connectivity index (χ2n) is 4.37. The third-order valence-corrected chi connectivity index (χ3v) is 2.65. The molecule has 0 aliphatic heterocycles. The maximum absolute atomic E-state index is 5.09. The number of nitrogens with zero attached hydrogens (tertiary/aromatic N) is 3. The van der Waals surface area contributed by atoms with E-state index in [2.05, 4.69) is 39.4 Å². The summed E-state index contributed by atoms with van der Waals surface area (Å²) in [6, 6.07) is 11.9. The fraction of sp³-hybridized carbons (Fsp3) is 0.125. The van der Waals surface area contributed by atoms with Crippen LogP contribution in [0.25, 0.3) is 6.08 Å². The van der Waals surface area contributed by atoms with Crippen LogP contribution in [0, 0.1) is 0 Å². The van der Waals surface area contributed by atoms with Gasteiger partial charge < -0.3 is 9.32 Å². The summed E-state index contributed by atoms with van der Waals surface area (Å²) >= 11 is 0. The van der Waals surface area contributed by atoms with Crippen molar-refractivity contribution in [3.63, 3.8) is 0 Å². The molecule has 102 valence electrons. The Hall–Kier alpha value is -2.62. The van der Waals surface area contributed by atoms with Crippen LogP contribution in [0.15, 0.2) is 63.4 Å². The van der Waals surface area contributed by atoms with E-state index in [1.54, 1.807) is 18.7 Å². The molecular weight excluding hydrogens is 250 g/mol. The van der Waals surface area contributed by atoms with E-state index in [0.29, 0.717) is 5.76 Å². The highest BCUT2D eigenvalue weighted by molar-refractivity contribution is 5.80. The van der Waals surface area contributed by atoms with E-state index in [9.17, 15) is 0 Å². The van der Waals surface area contributed by atoms with Gasteiger partial charge >= 0.3 is 0 Å².